The van der Waals surface area contributed by atoms with Crippen molar-refractivity contribution >= 4 is 43.9 Å². The van der Waals surface area contributed by atoms with Gasteiger partial charge >= 0.3 is 0 Å². The van der Waals surface area contributed by atoms with Crippen LogP contribution in [0.4, 0.5) is 0 Å². The SMILES string of the molecule is Cn1cncc1C(O)(c1ccc2c(c1)c(-c1cccc(Cl)c1)cc(=O)n2C)c1cc2ccccc2s1. The minimum absolute atomic E-state index is 0.114. The van der Waals surface area contributed by atoms with Crippen molar-refractivity contribution in [3.8, 4) is 11.1 Å². The number of halogens is 1. The Balaban J connectivity index is 1.67. The van der Waals surface area contributed by atoms with Crippen LogP contribution < -0.4 is 5.56 Å². The van der Waals surface area contributed by atoms with Crippen molar-refractivity contribution in [1.82, 2.24) is 14.1 Å². The number of nitrogens with zero attached hydrogens (tertiary/aromatic N) is 3. The van der Waals surface area contributed by atoms with Gasteiger partial charge in [0.05, 0.1) is 23.7 Å². The summed E-state index contributed by atoms with van der Waals surface area (Å²) in [5.41, 5.74) is 2.15. The van der Waals surface area contributed by atoms with Crippen LogP contribution in [0.25, 0.3) is 32.1 Å². The molecule has 0 spiro atoms. The molecular formula is C29H22ClN3O2S. The Kier molecular flexibility index (Phi) is 5.34. The number of aliphatic hydroxyl groups is 1. The number of thiophene rings is 1. The zero-order valence-corrected chi connectivity index (χ0v) is 21.2. The fourth-order valence-corrected chi connectivity index (χ4v) is 6.24. The van der Waals surface area contributed by atoms with Crippen molar-refractivity contribution in [2.45, 2.75) is 5.60 Å². The predicted octanol–water partition coefficient (Wildman–Crippen LogP) is 6.09. The number of hydrogen-bond donors (Lipinski definition) is 1. The zero-order chi connectivity index (χ0) is 25.0. The van der Waals surface area contributed by atoms with E-state index in [1.54, 1.807) is 41.5 Å². The summed E-state index contributed by atoms with van der Waals surface area (Å²) in [5.74, 6) is 0. The molecule has 0 saturated heterocycles. The highest BCUT2D eigenvalue weighted by molar-refractivity contribution is 7.19. The molecule has 0 fully saturated rings. The summed E-state index contributed by atoms with van der Waals surface area (Å²) < 4.78 is 4.55. The molecule has 0 aliphatic heterocycles. The molecule has 0 aliphatic rings. The van der Waals surface area contributed by atoms with E-state index in [9.17, 15) is 9.90 Å². The summed E-state index contributed by atoms with van der Waals surface area (Å²) in [7, 11) is 3.63. The minimum Gasteiger partial charge on any atom is -0.374 e. The molecule has 5 nitrogen and oxygen atoms in total. The smallest absolute Gasteiger partial charge is 0.251 e. The van der Waals surface area contributed by atoms with Gasteiger partial charge in [0.15, 0.2) is 5.60 Å². The number of imidazole rings is 1. The third-order valence-electron chi connectivity index (χ3n) is 6.77. The third-order valence-corrected chi connectivity index (χ3v) is 8.23. The van der Waals surface area contributed by atoms with Gasteiger partial charge in [-0.05, 0) is 58.5 Å². The van der Waals surface area contributed by atoms with Gasteiger partial charge in [-0.15, -0.1) is 11.3 Å². The lowest BCUT2D eigenvalue weighted by molar-refractivity contribution is 0.121. The molecule has 6 aromatic rings. The second-order valence-electron chi connectivity index (χ2n) is 8.95. The van der Waals surface area contributed by atoms with E-state index in [0.29, 0.717) is 16.3 Å². The minimum atomic E-state index is -1.45. The van der Waals surface area contributed by atoms with Crippen molar-refractivity contribution < 1.29 is 5.11 Å². The normalized spacial score (nSPS) is 13.3. The molecule has 0 amide bonds. The van der Waals surface area contributed by atoms with Gasteiger partial charge < -0.3 is 14.2 Å². The molecule has 36 heavy (non-hydrogen) atoms. The molecule has 0 saturated carbocycles. The van der Waals surface area contributed by atoms with E-state index in [-0.39, 0.29) is 5.56 Å². The van der Waals surface area contributed by atoms with Gasteiger partial charge in [0.2, 0.25) is 0 Å². The number of aromatic nitrogens is 3. The Morgan fingerprint density at radius 3 is 2.56 bits per heavy atom. The number of benzene rings is 3. The largest absolute Gasteiger partial charge is 0.374 e. The van der Waals surface area contributed by atoms with Crippen molar-refractivity contribution in [2.24, 2.45) is 14.1 Å². The van der Waals surface area contributed by atoms with Crippen LogP contribution in [0.15, 0.2) is 96.2 Å². The lowest BCUT2D eigenvalue weighted by Gasteiger charge is -2.29. The van der Waals surface area contributed by atoms with Gasteiger partial charge in [-0.3, -0.25) is 4.79 Å². The molecule has 6 rings (SSSR count). The molecule has 3 heterocycles. The fraction of sp³-hybridized carbons (Fsp3) is 0.103. The van der Waals surface area contributed by atoms with Crippen LogP contribution in [-0.4, -0.2) is 19.2 Å². The monoisotopic (exact) mass is 511 g/mol. The van der Waals surface area contributed by atoms with Crippen LogP contribution in [0.3, 0.4) is 0 Å². The van der Waals surface area contributed by atoms with E-state index in [2.05, 4.69) is 11.1 Å². The molecule has 1 unspecified atom stereocenters. The summed E-state index contributed by atoms with van der Waals surface area (Å²) in [4.78, 5) is 17.9. The first-order chi connectivity index (χ1) is 17.4. The number of aryl methyl sites for hydroxylation is 2. The number of pyridine rings is 1. The number of rotatable bonds is 4. The van der Waals surface area contributed by atoms with E-state index in [1.807, 2.05) is 78.3 Å². The Labute approximate surface area is 216 Å². The maximum atomic E-state index is 12.8. The Hall–Kier alpha value is -3.71. The molecule has 178 valence electrons. The number of hydrogen-bond acceptors (Lipinski definition) is 4. The third kappa shape index (κ3) is 3.49. The van der Waals surface area contributed by atoms with Gasteiger partial charge in [0, 0.05) is 40.1 Å². The fourth-order valence-electron chi connectivity index (χ4n) is 4.86. The van der Waals surface area contributed by atoms with Crippen LogP contribution in [0.2, 0.25) is 5.02 Å². The van der Waals surface area contributed by atoms with Gasteiger partial charge in [0.1, 0.15) is 0 Å². The van der Waals surface area contributed by atoms with E-state index in [4.69, 9.17) is 11.6 Å². The molecule has 1 N–H and O–H groups in total. The first kappa shape index (κ1) is 22.7. The summed E-state index contributed by atoms with van der Waals surface area (Å²) in [5, 5.41) is 15.1. The summed E-state index contributed by atoms with van der Waals surface area (Å²) in [6.45, 7) is 0. The topological polar surface area (TPSA) is 60.0 Å². The summed E-state index contributed by atoms with van der Waals surface area (Å²) in [6, 6.07) is 25.0. The van der Waals surface area contributed by atoms with Gasteiger partial charge in [-0.25, -0.2) is 4.98 Å². The van der Waals surface area contributed by atoms with Crippen LogP contribution >= 0.6 is 22.9 Å². The van der Waals surface area contributed by atoms with Crippen LogP contribution in [-0.2, 0) is 19.7 Å². The Morgan fingerprint density at radius 1 is 0.972 bits per heavy atom. The summed E-state index contributed by atoms with van der Waals surface area (Å²) >= 11 is 7.85. The van der Waals surface area contributed by atoms with Crippen molar-refractivity contribution in [1.29, 1.82) is 0 Å². The molecule has 0 radical (unpaired) electrons. The first-order valence-corrected chi connectivity index (χ1v) is 12.6. The summed E-state index contributed by atoms with van der Waals surface area (Å²) in [6.07, 6.45) is 3.39. The highest BCUT2D eigenvalue weighted by Crippen LogP contribution is 2.43. The lowest BCUT2D eigenvalue weighted by Crippen LogP contribution is -2.30. The molecule has 3 aromatic heterocycles. The molecule has 7 heteroatoms. The van der Waals surface area contributed by atoms with Gasteiger partial charge in [0.25, 0.3) is 5.56 Å². The van der Waals surface area contributed by atoms with Crippen molar-refractivity contribution in [2.75, 3.05) is 0 Å². The second kappa shape index (κ2) is 8.45. The molecule has 0 aliphatic carbocycles. The van der Waals surface area contributed by atoms with Crippen molar-refractivity contribution in [3.05, 3.63) is 123 Å². The van der Waals surface area contributed by atoms with Gasteiger partial charge in [-0.2, -0.15) is 0 Å². The van der Waals surface area contributed by atoms with Crippen LogP contribution in [0.5, 0.6) is 0 Å². The predicted molar refractivity (Wildman–Crippen MR) is 147 cm³/mol. The lowest BCUT2D eigenvalue weighted by atomic mass is 9.86. The average Bonchev–Trinajstić information content (AvgIpc) is 3.52. The second-order valence-corrected chi connectivity index (χ2v) is 10.5. The van der Waals surface area contributed by atoms with Gasteiger partial charge in [-0.1, -0.05) is 48.0 Å². The average molecular weight is 512 g/mol. The van der Waals surface area contributed by atoms with E-state index in [0.717, 1.165) is 37.0 Å². The van der Waals surface area contributed by atoms with Crippen LogP contribution in [0.1, 0.15) is 16.1 Å². The van der Waals surface area contributed by atoms with Crippen LogP contribution in [0, 0.1) is 0 Å². The standard InChI is InChI=1S/C29H22ClN3O2S/c1-32-17-31-16-26(32)29(35,27-13-19-6-3-4-9-25(19)36-27)20-10-11-24-23(14-20)22(15-28(34)33(24)2)18-7-5-8-21(30)12-18/h3-17,35H,1-2H3. The quantitative estimate of drug-likeness (QED) is 0.311. The highest BCUT2D eigenvalue weighted by atomic mass is 35.5. The molecule has 0 bridgehead atoms. The number of fused-ring (bicyclic) bond motifs is 2. The molecule has 3 aromatic carbocycles. The van der Waals surface area contributed by atoms with E-state index in [1.165, 1.54) is 0 Å². The first-order valence-electron chi connectivity index (χ1n) is 11.4. The van der Waals surface area contributed by atoms with E-state index >= 15 is 0 Å². The highest BCUT2D eigenvalue weighted by Gasteiger charge is 2.38. The molecule has 1 atom stereocenters. The maximum Gasteiger partial charge on any atom is 0.251 e. The van der Waals surface area contributed by atoms with Crippen molar-refractivity contribution in [3.63, 3.8) is 0 Å². The molecular weight excluding hydrogens is 490 g/mol. The van der Waals surface area contributed by atoms with E-state index < -0.39 is 5.60 Å². The Bertz CT molecular complexity index is 1800. The maximum absolute atomic E-state index is 12.8. The zero-order valence-electron chi connectivity index (χ0n) is 19.6. The Morgan fingerprint density at radius 2 is 1.81 bits per heavy atom.